The van der Waals surface area contributed by atoms with Gasteiger partial charge in [0.25, 0.3) is 0 Å². The summed E-state index contributed by atoms with van der Waals surface area (Å²) >= 11 is 0. The number of aryl methyl sites for hydroxylation is 3. The topological polar surface area (TPSA) is 0 Å². The zero-order valence-corrected chi connectivity index (χ0v) is 13.6. The van der Waals surface area contributed by atoms with Crippen molar-refractivity contribution in [3.63, 3.8) is 0 Å². The molecule has 0 unspecified atom stereocenters. The van der Waals surface area contributed by atoms with E-state index in [1.807, 2.05) is 0 Å². The Balaban J connectivity index is 1.94. The van der Waals surface area contributed by atoms with E-state index in [0.717, 1.165) is 6.42 Å². The number of hydrogen-bond donors (Lipinski definition) is 0. The van der Waals surface area contributed by atoms with E-state index in [-0.39, 0.29) is 0 Å². The average Bonchev–Trinajstić information content (AvgIpc) is 2.47. The van der Waals surface area contributed by atoms with Crippen LogP contribution in [-0.4, -0.2) is 0 Å². The van der Waals surface area contributed by atoms with Crippen LogP contribution in [-0.2, 0) is 6.42 Å². The third kappa shape index (κ3) is 3.46. The molecule has 0 atom stereocenters. The molecule has 0 aliphatic heterocycles. The van der Waals surface area contributed by atoms with Gasteiger partial charge in [0.15, 0.2) is 0 Å². The molecule has 0 aliphatic carbocycles. The van der Waals surface area contributed by atoms with Gasteiger partial charge in [0.2, 0.25) is 0 Å². The fraction of sp³-hybridized carbons (Fsp3) is 0.182. The second kappa shape index (κ2) is 6.19. The maximum absolute atomic E-state index is 2.32. The van der Waals surface area contributed by atoms with Crippen LogP contribution in [0.25, 0.3) is 11.1 Å². The standard InChI is InChI=1S/C22H22/c1-16-7-9-21(10-8-16)22-13-18(3)12-20(15-22)14-19-6-4-5-17(2)11-19/h4-13,15H,14H2,1-3H3. The average molecular weight is 286 g/mol. The first-order chi connectivity index (χ1) is 10.6. The van der Waals surface area contributed by atoms with E-state index in [9.17, 15) is 0 Å². The molecule has 0 fully saturated rings. The van der Waals surface area contributed by atoms with E-state index < -0.39 is 0 Å². The van der Waals surface area contributed by atoms with Crippen molar-refractivity contribution in [2.45, 2.75) is 27.2 Å². The van der Waals surface area contributed by atoms with E-state index in [4.69, 9.17) is 0 Å². The van der Waals surface area contributed by atoms with Crippen LogP contribution in [0.15, 0.2) is 66.7 Å². The van der Waals surface area contributed by atoms with Crippen LogP contribution in [0.5, 0.6) is 0 Å². The van der Waals surface area contributed by atoms with E-state index in [1.54, 1.807) is 0 Å². The molecule has 0 saturated heterocycles. The first kappa shape index (κ1) is 14.6. The summed E-state index contributed by atoms with van der Waals surface area (Å²) in [6.45, 7) is 6.46. The van der Waals surface area contributed by atoms with Crippen molar-refractivity contribution in [3.8, 4) is 11.1 Å². The van der Waals surface area contributed by atoms with Gasteiger partial charge in [-0.3, -0.25) is 0 Å². The summed E-state index contributed by atoms with van der Waals surface area (Å²) in [6, 6.07) is 24.4. The van der Waals surface area contributed by atoms with Gasteiger partial charge in [-0.25, -0.2) is 0 Å². The van der Waals surface area contributed by atoms with Gasteiger partial charge in [-0.05, 0) is 49.4 Å². The summed E-state index contributed by atoms with van der Waals surface area (Å²) in [5.74, 6) is 0. The number of hydrogen-bond acceptors (Lipinski definition) is 0. The summed E-state index contributed by atoms with van der Waals surface area (Å²) in [6.07, 6.45) is 0.988. The van der Waals surface area contributed by atoms with Gasteiger partial charge < -0.3 is 0 Å². The molecule has 3 aromatic rings. The van der Waals surface area contributed by atoms with Gasteiger partial charge in [0.1, 0.15) is 0 Å². The molecule has 0 spiro atoms. The molecule has 0 N–H and O–H groups in total. The third-order valence-electron chi connectivity index (χ3n) is 4.01. The van der Waals surface area contributed by atoms with Crippen LogP contribution in [0.2, 0.25) is 0 Å². The molecule has 0 aliphatic rings. The molecule has 0 heteroatoms. The van der Waals surface area contributed by atoms with Gasteiger partial charge in [0, 0.05) is 0 Å². The van der Waals surface area contributed by atoms with Crippen molar-refractivity contribution in [1.82, 2.24) is 0 Å². The van der Waals surface area contributed by atoms with Crippen molar-refractivity contribution in [2.75, 3.05) is 0 Å². The lowest BCUT2D eigenvalue weighted by Crippen LogP contribution is -1.91. The monoisotopic (exact) mass is 286 g/mol. The molecule has 0 heterocycles. The first-order valence-electron chi connectivity index (χ1n) is 7.83. The Morgan fingerprint density at radius 2 is 1.27 bits per heavy atom. The highest BCUT2D eigenvalue weighted by Crippen LogP contribution is 2.24. The summed E-state index contributed by atoms with van der Waals surface area (Å²) < 4.78 is 0. The van der Waals surface area contributed by atoms with E-state index in [2.05, 4.69) is 87.5 Å². The highest BCUT2D eigenvalue weighted by atomic mass is 14.1. The fourth-order valence-corrected chi connectivity index (χ4v) is 2.93. The zero-order chi connectivity index (χ0) is 15.5. The quantitative estimate of drug-likeness (QED) is 0.565. The van der Waals surface area contributed by atoms with Crippen molar-refractivity contribution in [2.24, 2.45) is 0 Å². The minimum absolute atomic E-state index is 0.988. The Kier molecular flexibility index (Phi) is 4.11. The second-order valence-electron chi connectivity index (χ2n) is 6.24. The predicted molar refractivity (Wildman–Crippen MR) is 95.3 cm³/mol. The van der Waals surface area contributed by atoms with Crippen molar-refractivity contribution in [3.05, 3.63) is 94.5 Å². The molecule has 3 aromatic carbocycles. The Morgan fingerprint density at radius 1 is 0.545 bits per heavy atom. The van der Waals surface area contributed by atoms with E-state index in [1.165, 1.54) is 38.9 Å². The molecule has 110 valence electrons. The number of benzene rings is 3. The van der Waals surface area contributed by atoms with Gasteiger partial charge >= 0.3 is 0 Å². The molecule has 0 aromatic heterocycles. The first-order valence-corrected chi connectivity index (χ1v) is 7.83. The molecule has 3 rings (SSSR count). The Labute approximate surface area is 133 Å². The Morgan fingerprint density at radius 3 is 2.00 bits per heavy atom. The van der Waals surface area contributed by atoms with E-state index >= 15 is 0 Å². The van der Waals surface area contributed by atoms with Crippen LogP contribution in [0.3, 0.4) is 0 Å². The molecular formula is C22H22. The molecular weight excluding hydrogens is 264 g/mol. The molecule has 22 heavy (non-hydrogen) atoms. The summed E-state index contributed by atoms with van der Waals surface area (Å²) in [5.41, 5.74) is 9.30. The maximum atomic E-state index is 2.32. The van der Waals surface area contributed by atoms with Gasteiger partial charge in [0.05, 0.1) is 0 Å². The fourth-order valence-electron chi connectivity index (χ4n) is 2.93. The van der Waals surface area contributed by atoms with Crippen LogP contribution in [0.1, 0.15) is 27.8 Å². The van der Waals surface area contributed by atoms with Crippen LogP contribution < -0.4 is 0 Å². The zero-order valence-electron chi connectivity index (χ0n) is 13.6. The van der Waals surface area contributed by atoms with Crippen molar-refractivity contribution in [1.29, 1.82) is 0 Å². The normalized spacial score (nSPS) is 10.7. The minimum Gasteiger partial charge on any atom is -0.0617 e. The molecule has 0 bridgehead atoms. The number of rotatable bonds is 3. The smallest absolute Gasteiger partial charge is 0.00254 e. The van der Waals surface area contributed by atoms with Crippen molar-refractivity contribution < 1.29 is 0 Å². The van der Waals surface area contributed by atoms with Crippen LogP contribution in [0, 0.1) is 20.8 Å². The molecule has 0 radical (unpaired) electrons. The second-order valence-corrected chi connectivity index (χ2v) is 6.24. The summed E-state index contributed by atoms with van der Waals surface area (Å²) in [7, 11) is 0. The van der Waals surface area contributed by atoms with Crippen LogP contribution in [0.4, 0.5) is 0 Å². The predicted octanol–water partition coefficient (Wildman–Crippen LogP) is 5.87. The lowest BCUT2D eigenvalue weighted by atomic mass is 9.96. The summed E-state index contributed by atoms with van der Waals surface area (Å²) in [5, 5.41) is 0. The lowest BCUT2D eigenvalue weighted by Gasteiger charge is -2.09. The Hall–Kier alpha value is -2.34. The van der Waals surface area contributed by atoms with Gasteiger partial charge in [-0.2, -0.15) is 0 Å². The Bertz CT molecular complexity index is 779. The minimum atomic E-state index is 0.988. The van der Waals surface area contributed by atoms with Gasteiger partial charge in [-0.15, -0.1) is 0 Å². The highest BCUT2D eigenvalue weighted by molar-refractivity contribution is 5.65. The third-order valence-corrected chi connectivity index (χ3v) is 4.01. The maximum Gasteiger partial charge on any atom is -0.00254 e. The molecule has 0 saturated carbocycles. The molecule has 0 amide bonds. The lowest BCUT2D eigenvalue weighted by molar-refractivity contribution is 1.17. The van der Waals surface area contributed by atoms with Gasteiger partial charge in [-0.1, -0.05) is 83.4 Å². The SMILES string of the molecule is Cc1ccc(-c2cc(C)cc(Cc3cccc(C)c3)c2)cc1. The molecule has 0 nitrogen and oxygen atoms in total. The van der Waals surface area contributed by atoms with E-state index in [0.29, 0.717) is 0 Å². The highest BCUT2D eigenvalue weighted by Gasteiger charge is 2.03. The summed E-state index contributed by atoms with van der Waals surface area (Å²) in [4.78, 5) is 0. The largest absolute Gasteiger partial charge is 0.0617 e. The van der Waals surface area contributed by atoms with Crippen molar-refractivity contribution >= 4 is 0 Å². The van der Waals surface area contributed by atoms with Crippen LogP contribution >= 0.6 is 0 Å².